The predicted molar refractivity (Wildman–Crippen MR) is 84.6 cm³/mol. The molecule has 0 amide bonds. The van der Waals surface area contributed by atoms with E-state index >= 15 is 0 Å². The summed E-state index contributed by atoms with van der Waals surface area (Å²) in [7, 11) is 0. The highest BCUT2D eigenvalue weighted by atomic mass is 14.5. The quantitative estimate of drug-likeness (QED) is 0.648. The number of hydrogen-bond donors (Lipinski definition) is 0. The van der Waals surface area contributed by atoms with Crippen LogP contribution in [0, 0.1) is 10.8 Å². The van der Waals surface area contributed by atoms with Gasteiger partial charge in [-0.1, -0.05) is 65.8 Å². The molecule has 1 aromatic carbocycles. The maximum atomic E-state index is 2.39. The van der Waals surface area contributed by atoms with Crippen LogP contribution in [0.1, 0.15) is 71.9 Å². The number of rotatable bonds is 3. The van der Waals surface area contributed by atoms with Crippen LogP contribution in [0.4, 0.5) is 0 Å². The molecule has 0 aliphatic heterocycles. The Balaban J connectivity index is 2.11. The van der Waals surface area contributed by atoms with Crippen molar-refractivity contribution in [3.8, 4) is 0 Å². The van der Waals surface area contributed by atoms with Crippen LogP contribution in [-0.4, -0.2) is 0 Å². The normalized spacial score (nSPS) is 18.4. The van der Waals surface area contributed by atoms with Crippen molar-refractivity contribution in [1.82, 2.24) is 0 Å². The molecule has 0 heterocycles. The average molecular weight is 258 g/mol. The summed E-state index contributed by atoms with van der Waals surface area (Å²) < 4.78 is 0. The lowest BCUT2D eigenvalue weighted by Crippen LogP contribution is -2.17. The van der Waals surface area contributed by atoms with Gasteiger partial charge >= 0.3 is 0 Å². The molecule has 0 N–H and O–H groups in total. The summed E-state index contributed by atoms with van der Waals surface area (Å²) in [5.41, 5.74) is 4.35. The molecule has 1 saturated carbocycles. The summed E-state index contributed by atoms with van der Waals surface area (Å²) in [6.45, 7) is 14.0. The van der Waals surface area contributed by atoms with E-state index in [1.165, 1.54) is 31.2 Å². The van der Waals surface area contributed by atoms with Gasteiger partial charge in [-0.15, -0.1) is 0 Å². The van der Waals surface area contributed by atoms with E-state index in [-0.39, 0.29) is 0 Å². The van der Waals surface area contributed by atoms with Gasteiger partial charge in [-0.2, -0.15) is 0 Å². The summed E-state index contributed by atoms with van der Waals surface area (Å²) >= 11 is 0. The zero-order chi connectivity index (χ0) is 14.3. The molecule has 0 radical (unpaired) electrons. The Hall–Kier alpha value is -0.780. The molecule has 0 saturated heterocycles. The van der Waals surface area contributed by atoms with Crippen molar-refractivity contribution < 1.29 is 0 Å². The van der Waals surface area contributed by atoms with E-state index in [9.17, 15) is 0 Å². The van der Waals surface area contributed by atoms with Crippen molar-refractivity contribution in [2.24, 2.45) is 10.8 Å². The second-order valence-electron chi connectivity index (χ2n) is 8.95. The standard InChI is InChI=1S/C19H30/c1-17(2,3)13-15-7-9-16(10-8-15)19(11-12-19)14-18(4,5)6/h7-10H,11-14H2,1-6H3. The molecule has 0 nitrogen and oxygen atoms in total. The molecule has 2 rings (SSSR count). The van der Waals surface area contributed by atoms with Gasteiger partial charge in [-0.05, 0) is 53.1 Å². The predicted octanol–water partition coefficient (Wildman–Crippen LogP) is 5.74. The number of benzene rings is 1. The van der Waals surface area contributed by atoms with Crippen LogP contribution in [0.15, 0.2) is 24.3 Å². The van der Waals surface area contributed by atoms with Crippen molar-refractivity contribution in [2.45, 2.75) is 72.6 Å². The van der Waals surface area contributed by atoms with Gasteiger partial charge in [0.15, 0.2) is 0 Å². The van der Waals surface area contributed by atoms with Crippen molar-refractivity contribution in [1.29, 1.82) is 0 Å². The van der Waals surface area contributed by atoms with Gasteiger partial charge in [0.05, 0.1) is 0 Å². The van der Waals surface area contributed by atoms with Crippen molar-refractivity contribution in [2.75, 3.05) is 0 Å². The minimum atomic E-state index is 0.379. The molecule has 0 aromatic heterocycles. The Kier molecular flexibility index (Phi) is 3.58. The molecule has 0 unspecified atom stereocenters. The molecule has 106 valence electrons. The van der Waals surface area contributed by atoms with Crippen LogP contribution in [0.3, 0.4) is 0 Å². The van der Waals surface area contributed by atoms with E-state index < -0.39 is 0 Å². The average Bonchev–Trinajstić information content (AvgIpc) is 2.94. The molecule has 0 bridgehead atoms. The highest BCUT2D eigenvalue weighted by molar-refractivity contribution is 5.34. The van der Waals surface area contributed by atoms with Gasteiger partial charge in [-0.3, -0.25) is 0 Å². The first kappa shape index (κ1) is 14.6. The van der Waals surface area contributed by atoms with E-state index in [1.54, 1.807) is 5.56 Å². The third-order valence-corrected chi connectivity index (χ3v) is 4.02. The Morgan fingerprint density at radius 1 is 0.842 bits per heavy atom. The summed E-state index contributed by atoms with van der Waals surface area (Å²) in [4.78, 5) is 0. The fraction of sp³-hybridized carbons (Fsp3) is 0.684. The first-order valence-corrected chi connectivity index (χ1v) is 7.69. The Morgan fingerprint density at radius 3 is 1.74 bits per heavy atom. The van der Waals surface area contributed by atoms with Gasteiger partial charge in [0, 0.05) is 0 Å². The minimum absolute atomic E-state index is 0.379. The maximum Gasteiger partial charge on any atom is -0.00414 e. The highest BCUT2D eigenvalue weighted by Crippen LogP contribution is 2.54. The second-order valence-corrected chi connectivity index (χ2v) is 8.95. The van der Waals surface area contributed by atoms with E-state index in [0.717, 1.165) is 0 Å². The first-order chi connectivity index (χ1) is 8.60. The van der Waals surface area contributed by atoms with Crippen LogP contribution in [-0.2, 0) is 11.8 Å². The van der Waals surface area contributed by atoms with E-state index in [1.807, 2.05) is 0 Å². The molecule has 0 heteroatoms. The van der Waals surface area contributed by atoms with E-state index in [2.05, 4.69) is 65.8 Å². The highest BCUT2D eigenvalue weighted by Gasteiger charge is 2.46. The van der Waals surface area contributed by atoms with Gasteiger partial charge < -0.3 is 0 Å². The van der Waals surface area contributed by atoms with Crippen molar-refractivity contribution >= 4 is 0 Å². The zero-order valence-corrected chi connectivity index (χ0v) is 13.6. The molecular formula is C19H30. The van der Waals surface area contributed by atoms with E-state index in [0.29, 0.717) is 16.2 Å². The maximum absolute atomic E-state index is 2.39. The molecule has 1 aromatic rings. The third-order valence-electron chi connectivity index (χ3n) is 4.02. The molecule has 19 heavy (non-hydrogen) atoms. The van der Waals surface area contributed by atoms with Crippen LogP contribution in [0.5, 0.6) is 0 Å². The molecule has 1 aliphatic carbocycles. The Labute approximate surface area is 119 Å². The third kappa shape index (κ3) is 4.09. The van der Waals surface area contributed by atoms with Gasteiger partial charge in [0.25, 0.3) is 0 Å². The lowest BCUT2D eigenvalue weighted by Gasteiger charge is -2.26. The summed E-state index contributed by atoms with van der Waals surface area (Å²) in [5.74, 6) is 0. The second kappa shape index (κ2) is 4.65. The lowest BCUT2D eigenvalue weighted by atomic mass is 9.78. The fourth-order valence-corrected chi connectivity index (χ4v) is 3.32. The van der Waals surface area contributed by atoms with Crippen LogP contribution in [0.2, 0.25) is 0 Å². The zero-order valence-electron chi connectivity index (χ0n) is 13.6. The molecular weight excluding hydrogens is 228 g/mol. The largest absolute Gasteiger partial charge is 0.0601 e. The van der Waals surface area contributed by atoms with Crippen LogP contribution < -0.4 is 0 Å². The van der Waals surface area contributed by atoms with Gasteiger partial charge in [0.2, 0.25) is 0 Å². The summed E-state index contributed by atoms with van der Waals surface area (Å²) in [5, 5.41) is 0. The molecule has 0 spiro atoms. The topological polar surface area (TPSA) is 0 Å². The number of hydrogen-bond acceptors (Lipinski definition) is 0. The SMILES string of the molecule is CC(C)(C)Cc1ccc(C2(CC(C)(C)C)CC2)cc1. The Morgan fingerprint density at radius 2 is 1.37 bits per heavy atom. The van der Waals surface area contributed by atoms with E-state index in [4.69, 9.17) is 0 Å². The smallest absolute Gasteiger partial charge is 0.00414 e. The first-order valence-electron chi connectivity index (χ1n) is 7.69. The van der Waals surface area contributed by atoms with Gasteiger partial charge in [0.1, 0.15) is 0 Å². The molecule has 1 aliphatic rings. The molecule has 0 atom stereocenters. The lowest BCUT2D eigenvalue weighted by molar-refractivity contribution is 0.329. The minimum Gasteiger partial charge on any atom is -0.0601 e. The monoisotopic (exact) mass is 258 g/mol. The summed E-state index contributed by atoms with van der Waals surface area (Å²) in [6, 6.07) is 9.48. The summed E-state index contributed by atoms with van der Waals surface area (Å²) in [6.07, 6.45) is 5.24. The van der Waals surface area contributed by atoms with Crippen LogP contribution in [0.25, 0.3) is 0 Å². The Bertz CT molecular complexity index is 419. The van der Waals surface area contributed by atoms with Crippen molar-refractivity contribution in [3.63, 3.8) is 0 Å². The fourth-order valence-electron chi connectivity index (χ4n) is 3.32. The van der Waals surface area contributed by atoms with Crippen LogP contribution >= 0.6 is 0 Å². The molecule has 1 fully saturated rings. The van der Waals surface area contributed by atoms with Crippen molar-refractivity contribution in [3.05, 3.63) is 35.4 Å². The van der Waals surface area contributed by atoms with Gasteiger partial charge in [-0.25, -0.2) is 0 Å².